The van der Waals surface area contributed by atoms with Crippen molar-refractivity contribution in [2.24, 2.45) is 0 Å². The number of nitrogens with zero attached hydrogens (tertiary/aromatic N) is 1. The number of hydroxylamine groups is 2. The van der Waals surface area contributed by atoms with E-state index in [-0.39, 0.29) is 0 Å². The second kappa shape index (κ2) is 2.87. The average Bonchev–Trinajstić information content (AvgIpc) is 1.38. The van der Waals surface area contributed by atoms with Crippen LogP contribution >= 0.6 is 23.0 Å². The van der Waals surface area contributed by atoms with E-state index < -0.39 is 0 Å². The van der Waals surface area contributed by atoms with Crippen LogP contribution in [-0.2, 0) is 3.17 Å². The van der Waals surface area contributed by atoms with Gasteiger partial charge in [-0.3, -0.25) is 0 Å². The van der Waals surface area contributed by atoms with Crippen LogP contribution in [0.3, 0.4) is 0 Å². The molecule has 0 saturated heterocycles. The molecule has 0 aliphatic rings. The molecule has 0 aromatic carbocycles. The van der Waals surface area contributed by atoms with Crippen molar-refractivity contribution in [3.63, 3.8) is 0 Å². The van der Waals surface area contributed by atoms with Crippen LogP contribution in [0.2, 0.25) is 0 Å². The van der Waals surface area contributed by atoms with Crippen LogP contribution in [0.25, 0.3) is 0 Å². The summed E-state index contributed by atoms with van der Waals surface area (Å²) in [7, 11) is 3.65. The number of halogens is 1. The molecule has 0 aromatic heterocycles. The lowest BCUT2D eigenvalue weighted by molar-refractivity contribution is 0.0555. The van der Waals surface area contributed by atoms with E-state index in [1.807, 2.05) is 14.1 Å². The summed E-state index contributed by atoms with van der Waals surface area (Å²) in [5.41, 5.74) is 0. The van der Waals surface area contributed by atoms with Gasteiger partial charge in [-0.05, 0) is 0 Å². The molecular weight excluding hydrogens is 181 g/mol. The van der Waals surface area contributed by atoms with Crippen LogP contribution in [0, 0.1) is 0 Å². The lowest BCUT2D eigenvalue weighted by Crippen LogP contribution is -2.03. The molecule has 0 spiro atoms. The molecule has 0 aromatic rings. The van der Waals surface area contributed by atoms with Crippen LogP contribution in [-0.4, -0.2) is 19.2 Å². The van der Waals surface area contributed by atoms with Gasteiger partial charge >= 0.3 is 0 Å². The highest BCUT2D eigenvalue weighted by Crippen LogP contribution is 1.84. The maximum atomic E-state index is 4.55. The van der Waals surface area contributed by atoms with Crippen LogP contribution in [0.1, 0.15) is 0 Å². The Morgan fingerprint density at radius 3 is 1.80 bits per heavy atom. The van der Waals surface area contributed by atoms with Crippen molar-refractivity contribution in [2.45, 2.75) is 0 Å². The molecule has 0 aliphatic heterocycles. The normalized spacial score (nSPS) is 9.60. The van der Waals surface area contributed by atoms with Crippen molar-refractivity contribution in [3.05, 3.63) is 0 Å². The van der Waals surface area contributed by atoms with E-state index in [2.05, 4.69) is 3.17 Å². The van der Waals surface area contributed by atoms with Crippen LogP contribution < -0.4 is 0 Å². The van der Waals surface area contributed by atoms with E-state index in [1.54, 1.807) is 28.1 Å². The van der Waals surface area contributed by atoms with Gasteiger partial charge in [0.2, 0.25) is 0 Å². The van der Waals surface area contributed by atoms with Gasteiger partial charge in [0.05, 0.1) is 0 Å². The minimum Gasteiger partial charge on any atom is -0.230 e. The molecule has 0 fully saturated rings. The minimum atomic E-state index is 1.61. The fourth-order valence-electron chi connectivity index (χ4n) is 0. The Kier molecular flexibility index (Phi) is 3.24. The summed E-state index contributed by atoms with van der Waals surface area (Å²) >= 11 is 1.80. The maximum Gasteiger partial charge on any atom is 0.137 e. The lowest BCUT2D eigenvalue weighted by Gasteiger charge is -1.97. The maximum absolute atomic E-state index is 4.55. The first-order valence-electron chi connectivity index (χ1n) is 1.23. The predicted octanol–water partition coefficient (Wildman–Crippen LogP) is 0.830. The molecule has 0 saturated carbocycles. The van der Waals surface area contributed by atoms with Gasteiger partial charge in [0, 0.05) is 14.1 Å². The highest BCUT2D eigenvalue weighted by atomic mass is 127. The van der Waals surface area contributed by atoms with Crippen molar-refractivity contribution in [1.29, 1.82) is 0 Å². The molecular formula is C2H6INO. The second-order valence-corrected chi connectivity index (χ2v) is 1.28. The van der Waals surface area contributed by atoms with Crippen LogP contribution in [0.4, 0.5) is 0 Å². The van der Waals surface area contributed by atoms with E-state index in [4.69, 9.17) is 0 Å². The zero-order chi connectivity index (χ0) is 4.28. The summed E-state index contributed by atoms with van der Waals surface area (Å²) in [6, 6.07) is 0. The summed E-state index contributed by atoms with van der Waals surface area (Å²) in [4.78, 5) is 0. The fourth-order valence-corrected chi connectivity index (χ4v) is 0. The zero-order valence-electron chi connectivity index (χ0n) is 3.23. The first kappa shape index (κ1) is 5.65. The fraction of sp³-hybridized carbons (Fsp3) is 1.00. The Bertz CT molecular complexity index is 23.6. The Hall–Kier alpha value is 0.650. The van der Waals surface area contributed by atoms with Crippen molar-refractivity contribution in [2.75, 3.05) is 14.1 Å². The molecule has 3 heteroatoms. The highest BCUT2D eigenvalue weighted by Gasteiger charge is 1.73. The molecule has 0 radical (unpaired) electrons. The predicted molar refractivity (Wildman–Crippen MR) is 28.8 cm³/mol. The van der Waals surface area contributed by atoms with Crippen molar-refractivity contribution >= 4 is 23.0 Å². The van der Waals surface area contributed by atoms with Crippen molar-refractivity contribution in [1.82, 2.24) is 5.06 Å². The first-order valence-corrected chi connectivity index (χ1v) is 2.11. The Morgan fingerprint density at radius 2 is 1.80 bits per heavy atom. The van der Waals surface area contributed by atoms with Gasteiger partial charge in [-0.25, -0.2) is 3.17 Å². The summed E-state index contributed by atoms with van der Waals surface area (Å²) < 4.78 is 4.55. The van der Waals surface area contributed by atoms with Gasteiger partial charge in [-0.1, -0.05) is 0 Å². The van der Waals surface area contributed by atoms with Crippen molar-refractivity contribution in [3.8, 4) is 0 Å². The van der Waals surface area contributed by atoms with Gasteiger partial charge in [-0.15, -0.1) is 0 Å². The summed E-state index contributed by atoms with van der Waals surface area (Å²) in [6.45, 7) is 0. The molecule has 32 valence electrons. The molecule has 5 heavy (non-hydrogen) atoms. The molecule has 0 unspecified atom stereocenters. The monoisotopic (exact) mass is 187 g/mol. The van der Waals surface area contributed by atoms with Crippen LogP contribution in [0.15, 0.2) is 0 Å². The lowest BCUT2D eigenvalue weighted by atomic mass is 11.2. The largest absolute Gasteiger partial charge is 0.230 e. The molecule has 0 bridgehead atoms. The van der Waals surface area contributed by atoms with E-state index in [0.717, 1.165) is 0 Å². The SMILES string of the molecule is CN(C)OI. The van der Waals surface area contributed by atoms with Gasteiger partial charge in [-0.2, -0.15) is 5.06 Å². The molecule has 0 amide bonds. The van der Waals surface area contributed by atoms with Gasteiger partial charge < -0.3 is 0 Å². The molecule has 0 atom stereocenters. The number of hydrogen-bond donors (Lipinski definition) is 0. The second-order valence-electron chi connectivity index (χ2n) is 0.881. The van der Waals surface area contributed by atoms with E-state index in [1.165, 1.54) is 0 Å². The third-order valence-electron chi connectivity index (χ3n) is 0.138. The molecule has 0 rings (SSSR count). The summed E-state index contributed by atoms with van der Waals surface area (Å²) in [5.74, 6) is 0. The molecule has 2 nitrogen and oxygen atoms in total. The highest BCUT2D eigenvalue weighted by molar-refractivity contribution is 14.1. The number of rotatable bonds is 1. The first-order chi connectivity index (χ1) is 2.27. The Balaban J connectivity index is 2.54. The quantitative estimate of drug-likeness (QED) is 0.445. The average molecular weight is 187 g/mol. The smallest absolute Gasteiger partial charge is 0.137 e. The third kappa shape index (κ3) is 4.65. The Morgan fingerprint density at radius 1 is 1.60 bits per heavy atom. The number of hydrogen-bond acceptors (Lipinski definition) is 2. The third-order valence-corrected chi connectivity index (χ3v) is 0.926. The van der Waals surface area contributed by atoms with Crippen LogP contribution in [0.5, 0.6) is 0 Å². The van der Waals surface area contributed by atoms with Crippen molar-refractivity contribution < 1.29 is 3.17 Å². The van der Waals surface area contributed by atoms with E-state index in [0.29, 0.717) is 0 Å². The van der Waals surface area contributed by atoms with E-state index in [9.17, 15) is 0 Å². The van der Waals surface area contributed by atoms with Gasteiger partial charge in [0.15, 0.2) is 0 Å². The summed E-state index contributed by atoms with van der Waals surface area (Å²) in [5, 5.41) is 1.61. The topological polar surface area (TPSA) is 12.5 Å². The Labute approximate surface area is 45.7 Å². The molecule has 0 heterocycles. The van der Waals surface area contributed by atoms with Gasteiger partial charge in [0.25, 0.3) is 0 Å². The van der Waals surface area contributed by atoms with Gasteiger partial charge in [0.1, 0.15) is 23.0 Å². The molecule has 0 aliphatic carbocycles. The van der Waals surface area contributed by atoms with E-state index >= 15 is 0 Å². The standard InChI is InChI=1S/C2H6INO/c1-4(2)5-3/h1-2H3. The molecule has 0 N–H and O–H groups in total. The minimum absolute atomic E-state index is 1.61. The summed E-state index contributed by atoms with van der Waals surface area (Å²) in [6.07, 6.45) is 0. The zero-order valence-corrected chi connectivity index (χ0v) is 5.39.